The molecular formula is C16H21N3O4. The Bertz CT molecular complexity index is 563. The molecule has 0 aliphatic carbocycles. The topological polar surface area (TPSA) is 87.7 Å². The van der Waals surface area contributed by atoms with Crippen LogP contribution < -0.4 is 15.4 Å². The molecule has 1 fully saturated rings. The maximum Gasteiger partial charge on any atom is 0.328 e. The number of rotatable bonds is 7. The minimum absolute atomic E-state index is 0.242. The van der Waals surface area contributed by atoms with Crippen molar-refractivity contribution in [3.63, 3.8) is 0 Å². The van der Waals surface area contributed by atoms with Crippen molar-refractivity contribution < 1.29 is 19.1 Å². The summed E-state index contributed by atoms with van der Waals surface area (Å²) in [6.45, 7) is 1.59. The van der Waals surface area contributed by atoms with Gasteiger partial charge in [0.1, 0.15) is 11.7 Å². The van der Waals surface area contributed by atoms with Gasteiger partial charge < -0.3 is 9.64 Å². The highest BCUT2D eigenvalue weighted by Crippen LogP contribution is 2.16. The Morgan fingerprint density at radius 1 is 1.04 bits per heavy atom. The van der Waals surface area contributed by atoms with Crippen molar-refractivity contribution in [1.82, 2.24) is 15.5 Å². The van der Waals surface area contributed by atoms with Gasteiger partial charge in [0, 0.05) is 6.54 Å². The van der Waals surface area contributed by atoms with Crippen LogP contribution in [0.5, 0.6) is 5.75 Å². The summed E-state index contributed by atoms with van der Waals surface area (Å²) in [5.74, 6) is -1.27. The predicted octanol–water partition coefficient (Wildman–Crippen LogP) is 0.542. The van der Waals surface area contributed by atoms with E-state index < -0.39 is 23.8 Å². The number of hydrogen-bond acceptors (Lipinski definition) is 5. The number of amides is 4. The Morgan fingerprint density at radius 3 is 2.22 bits per heavy atom. The average molecular weight is 319 g/mol. The lowest BCUT2D eigenvalue weighted by Gasteiger charge is -2.20. The molecule has 1 heterocycles. The monoisotopic (exact) mass is 319 g/mol. The summed E-state index contributed by atoms with van der Waals surface area (Å²) >= 11 is 0. The molecule has 0 saturated carbocycles. The molecule has 2 rings (SSSR count). The summed E-state index contributed by atoms with van der Waals surface area (Å²) < 4.78 is 5.63. The van der Waals surface area contributed by atoms with Crippen molar-refractivity contribution in [2.45, 2.75) is 12.8 Å². The van der Waals surface area contributed by atoms with Gasteiger partial charge in [-0.25, -0.2) is 4.79 Å². The summed E-state index contributed by atoms with van der Waals surface area (Å²) in [6.07, 6.45) is 1.18. The molecular weight excluding hydrogens is 298 g/mol. The van der Waals surface area contributed by atoms with Crippen molar-refractivity contribution in [1.29, 1.82) is 0 Å². The number of urea groups is 1. The first-order valence-corrected chi connectivity index (χ1v) is 7.48. The second-order valence-electron chi connectivity index (χ2n) is 5.71. The van der Waals surface area contributed by atoms with Crippen molar-refractivity contribution in [3.8, 4) is 5.75 Å². The molecule has 7 heteroatoms. The fourth-order valence-electron chi connectivity index (χ4n) is 2.26. The van der Waals surface area contributed by atoms with Crippen molar-refractivity contribution in [2.24, 2.45) is 5.92 Å². The summed E-state index contributed by atoms with van der Waals surface area (Å²) in [5.41, 5.74) is 0.829. The number of benzene rings is 1. The highest BCUT2D eigenvalue weighted by molar-refractivity contribution is 6.16. The number of carbonyl (C=O) groups is 3. The Morgan fingerprint density at radius 2 is 1.65 bits per heavy atom. The lowest BCUT2D eigenvalue weighted by molar-refractivity contribution is -0.135. The highest BCUT2D eigenvalue weighted by Gasteiger charge is 2.33. The average Bonchev–Trinajstić information content (AvgIpc) is 2.48. The molecule has 1 aromatic rings. The van der Waals surface area contributed by atoms with Gasteiger partial charge in [-0.2, -0.15) is 0 Å². The van der Waals surface area contributed by atoms with E-state index in [4.69, 9.17) is 4.74 Å². The third kappa shape index (κ3) is 5.07. The minimum atomic E-state index is -0.889. The van der Waals surface area contributed by atoms with E-state index in [-0.39, 0.29) is 6.42 Å². The lowest BCUT2D eigenvalue weighted by Crippen LogP contribution is -2.56. The number of ether oxygens (including phenoxy) is 1. The Hall–Kier alpha value is -2.41. The van der Waals surface area contributed by atoms with Crippen LogP contribution in [0.2, 0.25) is 0 Å². The highest BCUT2D eigenvalue weighted by atomic mass is 16.5. The van der Waals surface area contributed by atoms with Gasteiger partial charge in [-0.3, -0.25) is 20.2 Å². The van der Waals surface area contributed by atoms with E-state index in [9.17, 15) is 14.4 Å². The number of hydrogen-bond donors (Lipinski definition) is 2. The van der Waals surface area contributed by atoms with Gasteiger partial charge in [0.05, 0.1) is 6.61 Å². The lowest BCUT2D eigenvalue weighted by atomic mass is 9.96. The standard InChI is InChI=1S/C16H21N3O4/c1-19(2)8-3-9-23-12-6-4-11(5-7-12)10-13-14(20)17-16(22)18-15(13)21/h4-7,13H,3,8-10H2,1-2H3,(H2,17,18,20,21,22). The maximum absolute atomic E-state index is 11.7. The van der Waals surface area contributed by atoms with E-state index in [0.29, 0.717) is 6.61 Å². The Kier molecular flexibility index (Phi) is 5.70. The molecule has 1 aliphatic rings. The molecule has 1 saturated heterocycles. The molecule has 2 N–H and O–H groups in total. The van der Waals surface area contributed by atoms with E-state index in [2.05, 4.69) is 15.5 Å². The van der Waals surface area contributed by atoms with E-state index in [0.717, 1.165) is 24.3 Å². The SMILES string of the molecule is CN(C)CCCOc1ccc(CC2C(=O)NC(=O)NC2=O)cc1. The Balaban J connectivity index is 1.86. The predicted molar refractivity (Wildman–Crippen MR) is 84.0 cm³/mol. The van der Waals surface area contributed by atoms with Crippen LogP contribution in [-0.4, -0.2) is 50.0 Å². The molecule has 7 nitrogen and oxygen atoms in total. The normalized spacial score (nSPS) is 15.5. The van der Waals surface area contributed by atoms with Crippen LogP contribution in [0.1, 0.15) is 12.0 Å². The van der Waals surface area contributed by atoms with E-state index in [1.54, 1.807) is 0 Å². The molecule has 1 aromatic carbocycles. The second-order valence-corrected chi connectivity index (χ2v) is 5.71. The minimum Gasteiger partial charge on any atom is -0.494 e. The molecule has 124 valence electrons. The molecule has 0 radical (unpaired) electrons. The molecule has 0 unspecified atom stereocenters. The van der Waals surface area contributed by atoms with Gasteiger partial charge in [-0.15, -0.1) is 0 Å². The zero-order valence-electron chi connectivity index (χ0n) is 13.3. The van der Waals surface area contributed by atoms with E-state index in [1.165, 1.54) is 0 Å². The van der Waals surface area contributed by atoms with Crippen molar-refractivity contribution in [3.05, 3.63) is 29.8 Å². The number of nitrogens with one attached hydrogen (secondary N) is 2. The fourth-order valence-corrected chi connectivity index (χ4v) is 2.26. The van der Waals surface area contributed by atoms with Crippen LogP contribution in [0.25, 0.3) is 0 Å². The van der Waals surface area contributed by atoms with Gasteiger partial charge in [-0.1, -0.05) is 12.1 Å². The third-order valence-corrected chi connectivity index (χ3v) is 3.49. The van der Waals surface area contributed by atoms with Gasteiger partial charge in [0.2, 0.25) is 11.8 Å². The maximum atomic E-state index is 11.7. The van der Waals surface area contributed by atoms with Crippen LogP contribution in [0.4, 0.5) is 4.79 Å². The molecule has 0 atom stereocenters. The number of nitrogens with zero attached hydrogens (tertiary/aromatic N) is 1. The van der Waals surface area contributed by atoms with Crippen LogP contribution in [0.15, 0.2) is 24.3 Å². The smallest absolute Gasteiger partial charge is 0.328 e. The largest absolute Gasteiger partial charge is 0.494 e. The summed E-state index contributed by atoms with van der Waals surface area (Å²) in [6, 6.07) is 6.50. The van der Waals surface area contributed by atoms with Gasteiger partial charge in [0.25, 0.3) is 0 Å². The van der Waals surface area contributed by atoms with Gasteiger partial charge in [0.15, 0.2) is 0 Å². The van der Waals surface area contributed by atoms with Crippen LogP contribution in [-0.2, 0) is 16.0 Å². The van der Waals surface area contributed by atoms with Crippen molar-refractivity contribution in [2.75, 3.05) is 27.2 Å². The molecule has 0 bridgehead atoms. The van der Waals surface area contributed by atoms with Crippen LogP contribution in [0, 0.1) is 5.92 Å². The summed E-state index contributed by atoms with van der Waals surface area (Å²) in [7, 11) is 4.03. The first-order valence-electron chi connectivity index (χ1n) is 7.48. The Labute approximate surface area is 135 Å². The van der Waals surface area contributed by atoms with E-state index in [1.807, 2.05) is 38.4 Å². The van der Waals surface area contributed by atoms with Gasteiger partial charge in [-0.05, 0) is 44.6 Å². The van der Waals surface area contributed by atoms with Crippen LogP contribution in [0.3, 0.4) is 0 Å². The quantitative estimate of drug-likeness (QED) is 0.566. The molecule has 1 aliphatic heterocycles. The molecule has 0 aromatic heterocycles. The molecule has 0 spiro atoms. The second kappa shape index (κ2) is 7.73. The fraction of sp³-hybridized carbons (Fsp3) is 0.438. The zero-order chi connectivity index (χ0) is 16.8. The third-order valence-electron chi connectivity index (χ3n) is 3.49. The van der Waals surface area contributed by atoms with Crippen LogP contribution >= 0.6 is 0 Å². The number of carbonyl (C=O) groups excluding carboxylic acids is 3. The van der Waals surface area contributed by atoms with Gasteiger partial charge >= 0.3 is 6.03 Å². The zero-order valence-corrected chi connectivity index (χ0v) is 13.3. The number of barbiturate groups is 1. The summed E-state index contributed by atoms with van der Waals surface area (Å²) in [4.78, 5) is 36.5. The summed E-state index contributed by atoms with van der Waals surface area (Å²) in [5, 5.41) is 4.19. The number of imide groups is 2. The molecule has 23 heavy (non-hydrogen) atoms. The molecule has 4 amide bonds. The van der Waals surface area contributed by atoms with E-state index >= 15 is 0 Å². The van der Waals surface area contributed by atoms with Crippen molar-refractivity contribution >= 4 is 17.8 Å². The first kappa shape index (κ1) is 17.0. The first-order chi connectivity index (χ1) is 11.0.